The predicted molar refractivity (Wildman–Crippen MR) is 109 cm³/mol. The van der Waals surface area contributed by atoms with Crippen molar-refractivity contribution in [3.8, 4) is 5.75 Å². The van der Waals surface area contributed by atoms with Crippen molar-refractivity contribution in [1.82, 2.24) is 9.21 Å². The molecule has 0 radical (unpaired) electrons. The molecule has 0 saturated carbocycles. The van der Waals surface area contributed by atoms with Gasteiger partial charge in [0.25, 0.3) is 0 Å². The smallest absolute Gasteiger partial charge is 0.325 e. The zero-order chi connectivity index (χ0) is 20.9. The van der Waals surface area contributed by atoms with E-state index in [0.717, 1.165) is 5.56 Å². The minimum atomic E-state index is -3.86. The van der Waals surface area contributed by atoms with Gasteiger partial charge in [0.2, 0.25) is 10.0 Å². The van der Waals surface area contributed by atoms with Crippen molar-refractivity contribution in [2.45, 2.75) is 23.9 Å². The minimum Gasteiger partial charge on any atom is -0.497 e. The molecule has 1 atom stereocenters. The molecule has 2 aromatic carbocycles. The highest BCUT2D eigenvalue weighted by molar-refractivity contribution is 7.89. The van der Waals surface area contributed by atoms with E-state index in [0.29, 0.717) is 25.3 Å². The van der Waals surface area contributed by atoms with Gasteiger partial charge in [0.1, 0.15) is 11.8 Å². The SMILES string of the molecule is COC(=O)C1CN(Cc2ccccc2)CCCN1S(=O)(=O)c1ccc(OC)cc1. The van der Waals surface area contributed by atoms with Crippen molar-refractivity contribution < 1.29 is 22.7 Å². The highest BCUT2D eigenvalue weighted by atomic mass is 32.2. The van der Waals surface area contributed by atoms with Crippen LogP contribution < -0.4 is 4.74 Å². The molecule has 156 valence electrons. The number of carbonyl (C=O) groups is 1. The molecule has 0 bridgehead atoms. The third kappa shape index (κ3) is 4.95. The Bertz CT molecular complexity index is 916. The standard InChI is InChI=1S/C21H26N2O5S/c1-27-18-9-11-19(12-10-18)29(25,26)23-14-6-13-22(16-20(23)21(24)28-2)15-17-7-4-3-5-8-17/h3-5,7-12,20H,6,13-16H2,1-2H3. The van der Waals surface area contributed by atoms with E-state index in [1.807, 2.05) is 30.3 Å². The highest BCUT2D eigenvalue weighted by Gasteiger charge is 2.39. The fraction of sp³-hybridized carbons (Fsp3) is 0.381. The van der Waals surface area contributed by atoms with Gasteiger partial charge in [-0.05, 0) is 42.8 Å². The maximum atomic E-state index is 13.3. The molecule has 1 fully saturated rings. The zero-order valence-corrected chi connectivity index (χ0v) is 17.5. The molecule has 7 nitrogen and oxygen atoms in total. The summed E-state index contributed by atoms with van der Waals surface area (Å²) in [6.07, 6.45) is 0.621. The van der Waals surface area contributed by atoms with Gasteiger partial charge in [-0.1, -0.05) is 30.3 Å². The summed E-state index contributed by atoms with van der Waals surface area (Å²) in [5.74, 6) is 0.0143. The number of esters is 1. The molecule has 8 heteroatoms. The van der Waals surface area contributed by atoms with E-state index in [9.17, 15) is 13.2 Å². The number of carbonyl (C=O) groups excluding carboxylic acids is 1. The number of hydrogen-bond acceptors (Lipinski definition) is 6. The van der Waals surface area contributed by atoms with Crippen LogP contribution in [0.4, 0.5) is 0 Å². The van der Waals surface area contributed by atoms with Crippen LogP contribution in [0.3, 0.4) is 0 Å². The normalized spacial score (nSPS) is 18.8. The molecule has 3 rings (SSSR count). The fourth-order valence-electron chi connectivity index (χ4n) is 3.52. The predicted octanol–water partition coefficient (Wildman–Crippen LogP) is 2.13. The van der Waals surface area contributed by atoms with Crippen LogP contribution in [0, 0.1) is 0 Å². The lowest BCUT2D eigenvalue weighted by Crippen LogP contribution is -2.49. The lowest BCUT2D eigenvalue weighted by atomic mass is 10.2. The Morgan fingerprint density at radius 1 is 1.03 bits per heavy atom. The summed E-state index contributed by atoms with van der Waals surface area (Å²) in [7, 11) is -1.06. The Labute approximate surface area is 171 Å². The molecular weight excluding hydrogens is 392 g/mol. The van der Waals surface area contributed by atoms with Crippen molar-refractivity contribution in [2.24, 2.45) is 0 Å². The van der Waals surface area contributed by atoms with Crippen molar-refractivity contribution in [2.75, 3.05) is 33.9 Å². The summed E-state index contributed by atoms with van der Waals surface area (Å²) in [6.45, 7) is 1.86. The number of benzene rings is 2. The molecule has 1 aliphatic heterocycles. The Hall–Kier alpha value is -2.42. The second-order valence-electron chi connectivity index (χ2n) is 6.90. The summed E-state index contributed by atoms with van der Waals surface area (Å²) in [4.78, 5) is 14.8. The largest absolute Gasteiger partial charge is 0.497 e. The number of ether oxygens (including phenoxy) is 2. The van der Waals surface area contributed by atoms with E-state index in [1.54, 1.807) is 12.1 Å². The highest BCUT2D eigenvalue weighted by Crippen LogP contribution is 2.24. The number of nitrogens with zero attached hydrogens (tertiary/aromatic N) is 2. The molecule has 1 heterocycles. The van der Waals surface area contributed by atoms with E-state index in [2.05, 4.69) is 4.90 Å². The first-order chi connectivity index (χ1) is 14.0. The van der Waals surface area contributed by atoms with E-state index < -0.39 is 22.0 Å². The van der Waals surface area contributed by atoms with Crippen molar-refractivity contribution in [1.29, 1.82) is 0 Å². The molecule has 1 saturated heterocycles. The average molecular weight is 419 g/mol. The van der Waals surface area contributed by atoms with E-state index in [1.165, 1.54) is 30.7 Å². The zero-order valence-electron chi connectivity index (χ0n) is 16.7. The van der Waals surface area contributed by atoms with Crippen LogP contribution in [0.1, 0.15) is 12.0 Å². The topological polar surface area (TPSA) is 76.2 Å². The van der Waals surface area contributed by atoms with Gasteiger partial charge in [0.15, 0.2) is 0 Å². The Morgan fingerprint density at radius 2 is 1.72 bits per heavy atom. The quantitative estimate of drug-likeness (QED) is 0.669. The lowest BCUT2D eigenvalue weighted by Gasteiger charge is -2.29. The minimum absolute atomic E-state index is 0.128. The second-order valence-corrected chi connectivity index (χ2v) is 8.80. The van der Waals surface area contributed by atoms with Gasteiger partial charge in [0.05, 0.1) is 19.1 Å². The monoisotopic (exact) mass is 418 g/mol. The van der Waals surface area contributed by atoms with Gasteiger partial charge >= 0.3 is 5.97 Å². The maximum absolute atomic E-state index is 13.3. The average Bonchev–Trinajstić information content (AvgIpc) is 2.97. The van der Waals surface area contributed by atoms with Gasteiger partial charge in [-0.2, -0.15) is 4.31 Å². The van der Waals surface area contributed by atoms with Crippen LogP contribution in [-0.2, 0) is 26.1 Å². The summed E-state index contributed by atoms with van der Waals surface area (Å²) in [6, 6.07) is 15.2. The molecule has 0 amide bonds. The Morgan fingerprint density at radius 3 is 2.34 bits per heavy atom. The van der Waals surface area contributed by atoms with Crippen molar-refractivity contribution in [3.05, 3.63) is 60.2 Å². The van der Waals surface area contributed by atoms with Gasteiger partial charge < -0.3 is 9.47 Å². The van der Waals surface area contributed by atoms with Crippen LogP contribution in [0.15, 0.2) is 59.5 Å². The molecule has 2 aromatic rings. The van der Waals surface area contributed by atoms with Crippen molar-refractivity contribution in [3.63, 3.8) is 0 Å². The Balaban J connectivity index is 1.87. The molecule has 0 aliphatic carbocycles. The molecule has 0 aromatic heterocycles. The number of hydrogen-bond donors (Lipinski definition) is 0. The summed E-state index contributed by atoms with van der Waals surface area (Å²) >= 11 is 0. The maximum Gasteiger partial charge on any atom is 0.325 e. The fourth-order valence-corrected chi connectivity index (χ4v) is 5.13. The van der Waals surface area contributed by atoms with Gasteiger partial charge in [-0.3, -0.25) is 9.69 Å². The van der Waals surface area contributed by atoms with Crippen LogP contribution in [0.5, 0.6) is 5.75 Å². The van der Waals surface area contributed by atoms with Crippen LogP contribution in [0.2, 0.25) is 0 Å². The molecule has 29 heavy (non-hydrogen) atoms. The number of rotatable bonds is 6. The summed E-state index contributed by atoms with van der Waals surface area (Å²) in [5, 5.41) is 0. The molecule has 0 spiro atoms. The van der Waals surface area contributed by atoms with Gasteiger partial charge in [-0.15, -0.1) is 0 Å². The molecule has 0 N–H and O–H groups in total. The summed E-state index contributed by atoms with van der Waals surface area (Å²) in [5.41, 5.74) is 1.11. The lowest BCUT2D eigenvalue weighted by molar-refractivity contribution is -0.145. The first kappa shape index (κ1) is 21.3. The number of sulfonamides is 1. The van der Waals surface area contributed by atoms with Gasteiger partial charge in [-0.25, -0.2) is 8.42 Å². The molecular formula is C21H26N2O5S. The van der Waals surface area contributed by atoms with E-state index >= 15 is 0 Å². The third-order valence-corrected chi connectivity index (χ3v) is 6.94. The summed E-state index contributed by atoms with van der Waals surface area (Å²) < 4.78 is 37.9. The van der Waals surface area contributed by atoms with E-state index in [-0.39, 0.29) is 18.0 Å². The van der Waals surface area contributed by atoms with Crippen molar-refractivity contribution >= 4 is 16.0 Å². The van der Waals surface area contributed by atoms with Gasteiger partial charge in [0, 0.05) is 19.6 Å². The van der Waals surface area contributed by atoms with E-state index in [4.69, 9.17) is 9.47 Å². The number of methoxy groups -OCH3 is 2. The second kappa shape index (κ2) is 9.39. The van der Waals surface area contributed by atoms with Crippen LogP contribution in [-0.4, -0.2) is 63.5 Å². The molecule has 1 unspecified atom stereocenters. The Kier molecular flexibility index (Phi) is 6.89. The first-order valence-electron chi connectivity index (χ1n) is 9.45. The third-order valence-electron chi connectivity index (χ3n) is 5.02. The van der Waals surface area contributed by atoms with Crippen LogP contribution in [0.25, 0.3) is 0 Å². The van der Waals surface area contributed by atoms with Crippen LogP contribution >= 0.6 is 0 Å². The first-order valence-corrected chi connectivity index (χ1v) is 10.9. The molecule has 1 aliphatic rings.